The van der Waals surface area contributed by atoms with E-state index in [0.29, 0.717) is 5.75 Å². The molecule has 2 atom stereocenters. The third-order valence-electron chi connectivity index (χ3n) is 3.85. The molecular weight excluding hydrogens is 322 g/mol. The Morgan fingerprint density at radius 1 is 1.16 bits per heavy atom. The first kappa shape index (κ1) is 18.4. The molecule has 0 aromatic heterocycles. The van der Waals surface area contributed by atoms with E-state index in [9.17, 15) is 14.9 Å². The molecule has 0 saturated heterocycles. The molecule has 2 N–H and O–H groups in total. The van der Waals surface area contributed by atoms with Gasteiger partial charge in [-0.25, -0.2) is 0 Å². The topological polar surface area (TPSA) is 93.5 Å². The van der Waals surface area contributed by atoms with E-state index in [0.717, 1.165) is 5.56 Å². The van der Waals surface area contributed by atoms with E-state index in [1.54, 1.807) is 13.0 Å². The largest absolute Gasteiger partial charge is 0.496 e. The lowest BCUT2D eigenvalue weighted by Gasteiger charge is -2.20. The summed E-state index contributed by atoms with van der Waals surface area (Å²) in [4.78, 5) is 23.0. The molecule has 0 unspecified atom stereocenters. The van der Waals surface area contributed by atoms with Gasteiger partial charge in [-0.15, -0.1) is 0 Å². The Labute approximate surface area is 146 Å². The van der Waals surface area contributed by atoms with Crippen molar-refractivity contribution in [2.45, 2.75) is 25.9 Å². The standard InChI is InChI=1S/C18H21N3O4/c1-12(14-7-5-4-6-8-14)19-13(2)18(22)20-16-10-9-15(25-3)11-17(16)21(23)24/h4-13,19H,1-3H3,(H,20,22)/t12-,13-/m0/s1. The van der Waals surface area contributed by atoms with Crippen molar-refractivity contribution in [3.05, 3.63) is 64.2 Å². The number of hydrogen-bond acceptors (Lipinski definition) is 5. The van der Waals surface area contributed by atoms with E-state index in [1.807, 2.05) is 37.3 Å². The van der Waals surface area contributed by atoms with Gasteiger partial charge in [0.15, 0.2) is 0 Å². The quantitative estimate of drug-likeness (QED) is 0.594. The summed E-state index contributed by atoms with van der Waals surface area (Å²) in [6.07, 6.45) is 0. The first-order valence-corrected chi connectivity index (χ1v) is 7.86. The SMILES string of the molecule is COc1ccc(NC(=O)[C@H](C)N[C@@H](C)c2ccccc2)c([N+](=O)[O-])c1. The maximum absolute atomic E-state index is 12.4. The molecule has 0 heterocycles. The average molecular weight is 343 g/mol. The summed E-state index contributed by atoms with van der Waals surface area (Å²) >= 11 is 0. The maximum Gasteiger partial charge on any atom is 0.296 e. The molecule has 0 aliphatic heterocycles. The van der Waals surface area contributed by atoms with Crippen LogP contribution in [0.15, 0.2) is 48.5 Å². The molecule has 0 aliphatic carbocycles. The van der Waals surface area contributed by atoms with Gasteiger partial charge >= 0.3 is 0 Å². The van der Waals surface area contributed by atoms with Gasteiger partial charge in [0.1, 0.15) is 11.4 Å². The van der Waals surface area contributed by atoms with Crippen LogP contribution in [0.25, 0.3) is 0 Å². The molecule has 1 amide bonds. The zero-order valence-corrected chi connectivity index (χ0v) is 14.4. The van der Waals surface area contributed by atoms with Gasteiger partial charge in [0.2, 0.25) is 5.91 Å². The van der Waals surface area contributed by atoms with E-state index in [1.165, 1.54) is 19.2 Å². The number of carbonyl (C=O) groups is 1. The number of anilines is 1. The van der Waals surface area contributed by atoms with Crippen LogP contribution in [0.5, 0.6) is 5.75 Å². The van der Waals surface area contributed by atoms with E-state index < -0.39 is 11.0 Å². The minimum Gasteiger partial charge on any atom is -0.496 e. The van der Waals surface area contributed by atoms with E-state index in [2.05, 4.69) is 10.6 Å². The predicted octanol–water partition coefficient (Wildman–Crippen LogP) is 3.28. The molecule has 25 heavy (non-hydrogen) atoms. The summed E-state index contributed by atoms with van der Waals surface area (Å²) < 4.78 is 4.98. The van der Waals surface area contributed by atoms with Crippen LogP contribution in [0.4, 0.5) is 11.4 Å². The highest BCUT2D eigenvalue weighted by Crippen LogP contribution is 2.29. The highest BCUT2D eigenvalue weighted by molar-refractivity contribution is 5.96. The zero-order chi connectivity index (χ0) is 18.4. The van der Waals surface area contributed by atoms with Crippen LogP contribution in [0, 0.1) is 10.1 Å². The van der Waals surface area contributed by atoms with Crippen LogP contribution < -0.4 is 15.4 Å². The van der Waals surface area contributed by atoms with Crippen molar-refractivity contribution in [1.29, 1.82) is 0 Å². The van der Waals surface area contributed by atoms with Crippen molar-refractivity contribution >= 4 is 17.3 Å². The third kappa shape index (κ3) is 4.77. The molecule has 0 spiro atoms. The van der Waals surface area contributed by atoms with E-state index >= 15 is 0 Å². The molecular formula is C18H21N3O4. The minimum atomic E-state index is -0.553. The molecule has 2 aromatic carbocycles. The summed E-state index contributed by atoms with van der Waals surface area (Å²) in [5.74, 6) is 0.00428. The lowest BCUT2D eigenvalue weighted by Crippen LogP contribution is -2.39. The number of nitrogens with zero attached hydrogens (tertiary/aromatic N) is 1. The maximum atomic E-state index is 12.4. The van der Waals surface area contributed by atoms with Gasteiger partial charge in [-0.3, -0.25) is 20.2 Å². The molecule has 132 valence electrons. The highest BCUT2D eigenvalue weighted by atomic mass is 16.6. The Bertz CT molecular complexity index is 749. The van der Waals surface area contributed by atoms with Gasteiger partial charge in [0.25, 0.3) is 5.69 Å². The molecule has 2 aromatic rings. The molecule has 0 saturated carbocycles. The minimum absolute atomic E-state index is 0.0344. The number of hydrogen-bond donors (Lipinski definition) is 2. The second-order valence-electron chi connectivity index (χ2n) is 5.65. The number of amides is 1. The smallest absolute Gasteiger partial charge is 0.296 e. The van der Waals surface area contributed by atoms with E-state index in [4.69, 9.17) is 4.74 Å². The number of nitro benzene ring substituents is 1. The van der Waals surface area contributed by atoms with Gasteiger partial charge < -0.3 is 10.1 Å². The fraction of sp³-hybridized carbons (Fsp3) is 0.278. The Balaban J connectivity index is 2.07. The van der Waals surface area contributed by atoms with Gasteiger partial charge in [0, 0.05) is 6.04 Å². The lowest BCUT2D eigenvalue weighted by atomic mass is 10.1. The lowest BCUT2D eigenvalue weighted by molar-refractivity contribution is -0.384. The number of benzene rings is 2. The summed E-state index contributed by atoms with van der Waals surface area (Å²) in [7, 11) is 1.42. The van der Waals surface area contributed by atoms with Crippen LogP contribution in [0.2, 0.25) is 0 Å². The predicted molar refractivity (Wildman–Crippen MR) is 95.7 cm³/mol. The fourth-order valence-corrected chi connectivity index (χ4v) is 2.42. The molecule has 0 bridgehead atoms. The van der Waals surface area contributed by atoms with Crippen LogP contribution in [-0.4, -0.2) is 24.0 Å². The van der Waals surface area contributed by atoms with E-state index in [-0.39, 0.29) is 23.3 Å². The van der Waals surface area contributed by atoms with Gasteiger partial charge in [-0.1, -0.05) is 30.3 Å². The van der Waals surface area contributed by atoms with Crippen LogP contribution in [0.1, 0.15) is 25.5 Å². The second kappa shape index (κ2) is 8.25. The Morgan fingerprint density at radius 2 is 1.84 bits per heavy atom. The number of carbonyl (C=O) groups excluding carboxylic acids is 1. The summed E-state index contributed by atoms with van der Waals surface area (Å²) in [6, 6.07) is 13.5. The first-order valence-electron chi connectivity index (χ1n) is 7.86. The van der Waals surface area contributed by atoms with Crippen molar-refractivity contribution in [3.63, 3.8) is 0 Å². The molecule has 0 radical (unpaired) electrons. The molecule has 7 nitrogen and oxygen atoms in total. The van der Waals surface area contributed by atoms with Crippen LogP contribution >= 0.6 is 0 Å². The van der Waals surface area contributed by atoms with Crippen molar-refractivity contribution in [1.82, 2.24) is 5.32 Å². The number of ether oxygens (including phenoxy) is 1. The third-order valence-corrected chi connectivity index (χ3v) is 3.85. The Kier molecular flexibility index (Phi) is 6.08. The summed E-state index contributed by atoms with van der Waals surface area (Å²) in [6.45, 7) is 3.67. The number of rotatable bonds is 7. The molecule has 0 aliphatic rings. The zero-order valence-electron chi connectivity index (χ0n) is 14.4. The van der Waals surface area contributed by atoms with Crippen molar-refractivity contribution < 1.29 is 14.5 Å². The number of nitrogens with one attached hydrogen (secondary N) is 2. The molecule has 0 fully saturated rings. The van der Waals surface area contributed by atoms with Crippen molar-refractivity contribution in [3.8, 4) is 5.75 Å². The second-order valence-corrected chi connectivity index (χ2v) is 5.65. The van der Waals surface area contributed by atoms with Gasteiger partial charge in [0.05, 0.1) is 24.1 Å². The van der Waals surface area contributed by atoms with Gasteiger partial charge in [-0.05, 0) is 31.5 Å². The van der Waals surface area contributed by atoms with Crippen LogP contribution in [-0.2, 0) is 4.79 Å². The average Bonchev–Trinajstić information content (AvgIpc) is 2.62. The molecule has 2 rings (SSSR count). The van der Waals surface area contributed by atoms with Crippen LogP contribution in [0.3, 0.4) is 0 Å². The highest BCUT2D eigenvalue weighted by Gasteiger charge is 2.21. The monoisotopic (exact) mass is 343 g/mol. The fourth-order valence-electron chi connectivity index (χ4n) is 2.42. The number of nitro groups is 1. The summed E-state index contributed by atoms with van der Waals surface area (Å²) in [5.41, 5.74) is 0.977. The van der Waals surface area contributed by atoms with Crippen molar-refractivity contribution in [2.24, 2.45) is 0 Å². The van der Waals surface area contributed by atoms with Gasteiger partial charge in [-0.2, -0.15) is 0 Å². The normalized spacial score (nSPS) is 12.9. The van der Waals surface area contributed by atoms with Crippen molar-refractivity contribution in [2.75, 3.05) is 12.4 Å². The first-order chi connectivity index (χ1) is 11.9. The molecule has 7 heteroatoms. The summed E-state index contributed by atoms with van der Waals surface area (Å²) in [5, 5.41) is 17.0. The number of methoxy groups -OCH3 is 1. The Morgan fingerprint density at radius 3 is 2.44 bits per heavy atom. The Hall–Kier alpha value is -2.93.